The first-order valence-electron chi connectivity index (χ1n) is 10.6. The van der Waals surface area contributed by atoms with Gasteiger partial charge in [-0.05, 0) is 48.7 Å². The van der Waals surface area contributed by atoms with E-state index in [1.54, 1.807) is 25.2 Å². The van der Waals surface area contributed by atoms with Crippen molar-refractivity contribution in [3.05, 3.63) is 57.6 Å². The summed E-state index contributed by atoms with van der Waals surface area (Å²) in [5, 5.41) is 11.5. The second-order valence-electron chi connectivity index (χ2n) is 8.09. The Morgan fingerprint density at radius 2 is 2.00 bits per heavy atom. The number of imide groups is 1. The first-order valence-corrected chi connectivity index (χ1v) is 10.9. The largest absolute Gasteiger partial charge is 0.388 e. The number of carbonyl (C=O) groups excluding carboxylic acids is 4. The number of nitrogens with zero attached hydrogens (tertiary/aromatic N) is 1. The van der Waals surface area contributed by atoms with Crippen molar-refractivity contribution in [3.63, 3.8) is 0 Å². The lowest BCUT2D eigenvalue weighted by Gasteiger charge is -2.29. The van der Waals surface area contributed by atoms with E-state index in [-0.39, 0.29) is 31.3 Å². The van der Waals surface area contributed by atoms with Gasteiger partial charge in [0.2, 0.25) is 11.8 Å². The van der Waals surface area contributed by atoms with Crippen LogP contribution in [0.3, 0.4) is 0 Å². The van der Waals surface area contributed by atoms with Gasteiger partial charge >= 0.3 is 6.03 Å². The average molecular weight is 470 g/mol. The Kier molecular flexibility index (Phi) is 6.24. The maximum atomic E-state index is 13.1. The molecular formula is C23H24ClN5O4. The van der Waals surface area contributed by atoms with Gasteiger partial charge in [-0.1, -0.05) is 17.7 Å². The number of fused-ring (bicyclic) bond motifs is 1. The van der Waals surface area contributed by atoms with Crippen LogP contribution in [-0.4, -0.2) is 41.7 Å². The van der Waals surface area contributed by atoms with Crippen LogP contribution in [0.1, 0.15) is 39.9 Å². The molecule has 0 radical (unpaired) electrons. The summed E-state index contributed by atoms with van der Waals surface area (Å²) in [6.45, 7) is 2.35. The number of anilines is 2. The zero-order valence-electron chi connectivity index (χ0n) is 18.3. The SMILES string of the molecule is CNc1cc(CNC(=O)Nc2ccc(C)c(Cl)c2)cc2c1CN(C1CCC(=O)NC1=O)C2=O. The van der Waals surface area contributed by atoms with E-state index >= 15 is 0 Å². The van der Waals surface area contributed by atoms with E-state index in [2.05, 4.69) is 21.3 Å². The molecule has 1 fully saturated rings. The van der Waals surface area contributed by atoms with Crippen LogP contribution >= 0.6 is 11.6 Å². The molecule has 9 nitrogen and oxygen atoms in total. The Bertz CT molecular complexity index is 1170. The highest BCUT2D eigenvalue weighted by Gasteiger charge is 2.40. The van der Waals surface area contributed by atoms with Gasteiger partial charge in [0.1, 0.15) is 6.04 Å². The summed E-state index contributed by atoms with van der Waals surface area (Å²) in [5.41, 5.74) is 4.23. The minimum absolute atomic E-state index is 0.194. The monoisotopic (exact) mass is 469 g/mol. The second-order valence-corrected chi connectivity index (χ2v) is 8.50. The third-order valence-corrected chi connectivity index (χ3v) is 6.28. The van der Waals surface area contributed by atoms with Crippen molar-refractivity contribution in [1.29, 1.82) is 0 Å². The number of amides is 5. The minimum atomic E-state index is -0.680. The first-order chi connectivity index (χ1) is 15.8. The summed E-state index contributed by atoms with van der Waals surface area (Å²) >= 11 is 6.10. The fraction of sp³-hybridized carbons (Fsp3) is 0.304. The van der Waals surface area contributed by atoms with E-state index in [4.69, 9.17) is 11.6 Å². The summed E-state index contributed by atoms with van der Waals surface area (Å²) in [7, 11) is 1.75. The van der Waals surface area contributed by atoms with Crippen molar-refractivity contribution in [2.45, 2.75) is 38.9 Å². The standard InChI is InChI=1S/C23H24ClN5O4/c1-12-3-4-14(9-17(12)24)27-23(33)26-10-13-7-15-16(18(8-13)25-2)11-29(22(15)32)19-5-6-20(30)28-21(19)31/h3-4,7-9,19,25H,5-6,10-11H2,1-2H3,(H2,26,27,33)(H,28,30,31). The fourth-order valence-electron chi connectivity index (χ4n) is 4.07. The van der Waals surface area contributed by atoms with Crippen LogP contribution in [-0.2, 0) is 22.7 Å². The molecule has 5 amide bonds. The number of urea groups is 1. The average Bonchev–Trinajstić information content (AvgIpc) is 3.10. The van der Waals surface area contributed by atoms with Gasteiger partial charge in [0.05, 0.1) is 0 Å². The van der Waals surface area contributed by atoms with Gasteiger partial charge in [-0.25, -0.2) is 4.79 Å². The van der Waals surface area contributed by atoms with Crippen molar-refractivity contribution in [2.75, 3.05) is 17.7 Å². The number of hydrogen-bond donors (Lipinski definition) is 4. The number of rotatable bonds is 5. The summed E-state index contributed by atoms with van der Waals surface area (Å²) in [5.74, 6) is -1.04. The molecule has 2 heterocycles. The van der Waals surface area contributed by atoms with Gasteiger partial charge in [0.15, 0.2) is 0 Å². The Morgan fingerprint density at radius 1 is 1.21 bits per heavy atom. The van der Waals surface area contributed by atoms with Crippen molar-refractivity contribution >= 4 is 46.7 Å². The van der Waals surface area contributed by atoms with Crippen molar-refractivity contribution < 1.29 is 19.2 Å². The topological polar surface area (TPSA) is 120 Å². The molecule has 33 heavy (non-hydrogen) atoms. The number of nitrogens with one attached hydrogen (secondary N) is 4. The van der Waals surface area contributed by atoms with Crippen molar-refractivity contribution in [2.24, 2.45) is 0 Å². The highest BCUT2D eigenvalue weighted by molar-refractivity contribution is 6.31. The van der Waals surface area contributed by atoms with Crippen LogP contribution in [0.5, 0.6) is 0 Å². The lowest BCUT2D eigenvalue weighted by Crippen LogP contribution is -2.52. The van der Waals surface area contributed by atoms with Crippen molar-refractivity contribution in [1.82, 2.24) is 15.5 Å². The van der Waals surface area contributed by atoms with Gasteiger partial charge in [-0.3, -0.25) is 19.7 Å². The predicted octanol–water partition coefficient (Wildman–Crippen LogP) is 2.77. The highest BCUT2D eigenvalue weighted by Crippen LogP contribution is 2.33. The smallest absolute Gasteiger partial charge is 0.319 e. The lowest BCUT2D eigenvalue weighted by atomic mass is 10.0. The highest BCUT2D eigenvalue weighted by atomic mass is 35.5. The minimum Gasteiger partial charge on any atom is -0.388 e. The van der Waals surface area contributed by atoms with Gasteiger partial charge in [-0.15, -0.1) is 0 Å². The fourth-order valence-corrected chi connectivity index (χ4v) is 4.25. The molecule has 0 saturated carbocycles. The third-order valence-electron chi connectivity index (χ3n) is 5.87. The zero-order valence-corrected chi connectivity index (χ0v) is 19.0. The van der Waals surface area contributed by atoms with Gasteiger partial charge in [-0.2, -0.15) is 0 Å². The summed E-state index contributed by atoms with van der Waals surface area (Å²) in [6.07, 6.45) is 0.503. The normalized spacial score (nSPS) is 17.5. The molecule has 10 heteroatoms. The second kappa shape index (κ2) is 9.11. The Balaban J connectivity index is 1.46. The number of hydrogen-bond acceptors (Lipinski definition) is 5. The molecule has 0 spiro atoms. The maximum absolute atomic E-state index is 13.1. The number of benzene rings is 2. The van der Waals surface area contributed by atoms with E-state index in [0.29, 0.717) is 22.7 Å². The molecule has 4 N–H and O–H groups in total. The number of piperidine rings is 1. The van der Waals surface area contributed by atoms with Crippen LogP contribution in [0, 0.1) is 6.92 Å². The molecule has 2 aromatic carbocycles. The molecule has 172 valence electrons. The molecule has 2 aromatic rings. The number of carbonyl (C=O) groups is 4. The van der Waals surface area contributed by atoms with E-state index < -0.39 is 18.0 Å². The Labute approximate surface area is 195 Å². The number of aryl methyl sites for hydroxylation is 1. The maximum Gasteiger partial charge on any atom is 0.319 e. The summed E-state index contributed by atoms with van der Waals surface area (Å²) in [4.78, 5) is 50.7. The van der Waals surface area contributed by atoms with Crippen LogP contribution in [0.15, 0.2) is 30.3 Å². The van der Waals surface area contributed by atoms with E-state index in [9.17, 15) is 19.2 Å². The van der Waals surface area contributed by atoms with Crippen molar-refractivity contribution in [3.8, 4) is 0 Å². The molecule has 1 atom stereocenters. The summed E-state index contributed by atoms with van der Waals surface area (Å²) < 4.78 is 0. The molecule has 0 bridgehead atoms. The van der Waals surface area contributed by atoms with Gasteiger partial charge in [0.25, 0.3) is 5.91 Å². The Morgan fingerprint density at radius 3 is 2.70 bits per heavy atom. The molecule has 0 aliphatic carbocycles. The summed E-state index contributed by atoms with van der Waals surface area (Å²) in [6, 6.07) is 7.76. The van der Waals surface area contributed by atoms with Gasteiger partial charge < -0.3 is 20.9 Å². The molecular weight excluding hydrogens is 446 g/mol. The lowest BCUT2D eigenvalue weighted by molar-refractivity contribution is -0.136. The third kappa shape index (κ3) is 4.63. The van der Waals surface area contributed by atoms with E-state index in [0.717, 1.165) is 22.4 Å². The van der Waals surface area contributed by atoms with Gasteiger partial charge in [0, 0.05) is 54.1 Å². The van der Waals surface area contributed by atoms with Crippen LogP contribution in [0.4, 0.5) is 16.2 Å². The molecule has 2 aliphatic rings. The quantitative estimate of drug-likeness (QED) is 0.502. The van der Waals surface area contributed by atoms with E-state index in [1.807, 2.05) is 19.1 Å². The van der Waals surface area contributed by atoms with Crippen LogP contribution in [0.25, 0.3) is 0 Å². The number of halogens is 1. The van der Waals surface area contributed by atoms with E-state index in [1.165, 1.54) is 4.90 Å². The zero-order chi connectivity index (χ0) is 23.7. The molecule has 1 unspecified atom stereocenters. The molecule has 4 rings (SSSR count). The molecule has 2 aliphatic heterocycles. The molecule has 1 saturated heterocycles. The van der Waals surface area contributed by atoms with Crippen LogP contribution in [0.2, 0.25) is 5.02 Å². The Hall–Kier alpha value is -3.59. The van der Waals surface area contributed by atoms with Crippen LogP contribution < -0.4 is 21.3 Å². The first kappa shape index (κ1) is 22.6. The molecule has 0 aromatic heterocycles. The predicted molar refractivity (Wildman–Crippen MR) is 124 cm³/mol.